The molecule has 1 heterocycles. The van der Waals surface area contributed by atoms with Crippen molar-refractivity contribution < 1.29 is 28.6 Å². The van der Waals surface area contributed by atoms with E-state index < -0.39 is 29.7 Å². The Morgan fingerprint density at radius 1 is 0.951 bits per heavy atom. The van der Waals surface area contributed by atoms with Crippen LogP contribution in [-0.2, 0) is 23.9 Å². The van der Waals surface area contributed by atoms with Crippen LogP contribution in [0.1, 0.15) is 64.0 Å². The highest BCUT2D eigenvalue weighted by atomic mass is 16.5. The number of methoxy groups -OCH3 is 1. The predicted octanol–water partition coefficient (Wildman–Crippen LogP) is 5.26. The normalized spacial score (nSPS) is 20.2. The number of rotatable bonds is 10. The molecule has 0 fully saturated rings. The highest BCUT2D eigenvalue weighted by Crippen LogP contribution is 2.48. The van der Waals surface area contributed by atoms with Crippen molar-refractivity contribution >= 4 is 23.4 Å². The second-order valence-electron chi connectivity index (χ2n) is 10.2. The van der Waals surface area contributed by atoms with Gasteiger partial charge in [-0.1, -0.05) is 24.3 Å². The zero-order valence-electron chi connectivity index (χ0n) is 24.8. The van der Waals surface area contributed by atoms with Crippen molar-refractivity contribution in [2.45, 2.75) is 52.9 Å². The van der Waals surface area contributed by atoms with Crippen LogP contribution in [0.2, 0.25) is 0 Å². The first-order valence-electron chi connectivity index (χ1n) is 14.4. The topological polar surface area (TPSA) is 94.2 Å². The SMILES string of the molecule is CCOC(=O)C1=C(C)NC2=C(C(=O)[C@H](C(=O)OCC)[C@@H](c3cccc(OC)c3)C2)[C@@H]1c1ccc(N(CC)CC)cc1. The summed E-state index contributed by atoms with van der Waals surface area (Å²) in [5.74, 6) is -2.99. The van der Waals surface area contributed by atoms with E-state index in [9.17, 15) is 14.4 Å². The van der Waals surface area contributed by atoms with E-state index in [1.807, 2.05) is 55.5 Å². The van der Waals surface area contributed by atoms with E-state index in [1.165, 1.54) is 0 Å². The van der Waals surface area contributed by atoms with E-state index in [0.29, 0.717) is 34.7 Å². The molecule has 218 valence electrons. The van der Waals surface area contributed by atoms with Crippen LogP contribution in [0.25, 0.3) is 0 Å². The molecule has 0 unspecified atom stereocenters. The molecule has 0 spiro atoms. The Morgan fingerprint density at radius 3 is 2.24 bits per heavy atom. The number of anilines is 1. The van der Waals surface area contributed by atoms with E-state index >= 15 is 0 Å². The van der Waals surface area contributed by atoms with Gasteiger partial charge in [0.1, 0.15) is 11.7 Å². The number of nitrogens with one attached hydrogen (secondary N) is 1. The largest absolute Gasteiger partial charge is 0.497 e. The lowest BCUT2D eigenvalue weighted by atomic mass is 9.67. The third-order valence-electron chi connectivity index (χ3n) is 7.93. The smallest absolute Gasteiger partial charge is 0.336 e. The minimum atomic E-state index is -1.07. The number of hydrogen-bond donors (Lipinski definition) is 1. The molecule has 3 atom stereocenters. The fraction of sp³-hybridized carbons (Fsp3) is 0.424. The van der Waals surface area contributed by atoms with Gasteiger partial charge in [0.05, 0.1) is 25.9 Å². The van der Waals surface area contributed by atoms with Gasteiger partial charge in [0.15, 0.2) is 5.78 Å². The van der Waals surface area contributed by atoms with Crippen LogP contribution in [-0.4, -0.2) is 51.1 Å². The van der Waals surface area contributed by atoms with Gasteiger partial charge in [-0.15, -0.1) is 0 Å². The third-order valence-corrected chi connectivity index (χ3v) is 7.93. The molecular formula is C33H40N2O6. The number of benzene rings is 2. The molecule has 1 aliphatic carbocycles. The molecule has 0 saturated heterocycles. The number of nitrogens with zero attached hydrogens (tertiary/aromatic N) is 1. The first-order chi connectivity index (χ1) is 19.8. The van der Waals surface area contributed by atoms with Crippen LogP contribution < -0.4 is 15.0 Å². The lowest BCUT2D eigenvalue weighted by Crippen LogP contribution is -2.43. The van der Waals surface area contributed by atoms with Crippen LogP contribution in [0.3, 0.4) is 0 Å². The van der Waals surface area contributed by atoms with Gasteiger partial charge in [-0.2, -0.15) is 0 Å². The maximum Gasteiger partial charge on any atom is 0.336 e. The molecule has 2 aromatic rings. The first kappa shape index (κ1) is 29.9. The number of Topliss-reactive ketones (excluding diaryl/α,β-unsaturated/α-hetero) is 1. The quantitative estimate of drug-likeness (QED) is 0.311. The van der Waals surface area contributed by atoms with E-state index in [4.69, 9.17) is 14.2 Å². The van der Waals surface area contributed by atoms with Gasteiger partial charge >= 0.3 is 11.9 Å². The Morgan fingerprint density at radius 2 is 1.63 bits per heavy atom. The Kier molecular flexibility index (Phi) is 9.53. The van der Waals surface area contributed by atoms with E-state index in [1.54, 1.807) is 21.0 Å². The summed E-state index contributed by atoms with van der Waals surface area (Å²) in [6.45, 7) is 11.6. The second kappa shape index (κ2) is 13.1. The molecule has 0 amide bonds. The van der Waals surface area contributed by atoms with Crippen molar-refractivity contribution in [1.82, 2.24) is 5.32 Å². The van der Waals surface area contributed by atoms with Gasteiger partial charge in [0, 0.05) is 47.6 Å². The summed E-state index contributed by atoms with van der Waals surface area (Å²) in [5.41, 5.74) is 4.76. The average molecular weight is 561 g/mol. The number of ketones is 1. The minimum absolute atomic E-state index is 0.154. The van der Waals surface area contributed by atoms with Crippen LogP contribution in [0, 0.1) is 5.92 Å². The summed E-state index contributed by atoms with van der Waals surface area (Å²) in [6, 6.07) is 15.4. The van der Waals surface area contributed by atoms with Crippen molar-refractivity contribution in [3.8, 4) is 5.75 Å². The second-order valence-corrected chi connectivity index (χ2v) is 10.2. The van der Waals surface area contributed by atoms with Crippen molar-refractivity contribution in [3.63, 3.8) is 0 Å². The standard InChI is InChI=1S/C33H40N2O6/c1-7-35(8-2)23-16-14-21(15-17-23)28-27(32(37)40-9-3)20(5)34-26-19-25(22-12-11-13-24(18-22)39-6)29(31(36)30(26)28)33(38)41-10-4/h11-18,25,28-29,34H,7-10,19H2,1-6H3/t25-,28-,29-/m1/s1. The summed E-state index contributed by atoms with van der Waals surface area (Å²) in [4.78, 5) is 43.5. The van der Waals surface area contributed by atoms with Crippen molar-refractivity contribution in [3.05, 3.63) is 82.2 Å². The Hall–Kier alpha value is -4.07. The molecule has 0 saturated carbocycles. The molecule has 2 aliphatic rings. The molecule has 41 heavy (non-hydrogen) atoms. The Bertz CT molecular complexity index is 1360. The zero-order chi connectivity index (χ0) is 29.7. The lowest BCUT2D eigenvalue weighted by Gasteiger charge is -2.39. The van der Waals surface area contributed by atoms with Gasteiger partial charge in [0.25, 0.3) is 0 Å². The van der Waals surface area contributed by atoms with Crippen LogP contribution in [0.5, 0.6) is 5.75 Å². The summed E-state index contributed by atoms with van der Waals surface area (Å²) >= 11 is 0. The van der Waals surface area contributed by atoms with Gasteiger partial charge in [-0.3, -0.25) is 9.59 Å². The molecule has 1 N–H and O–H groups in total. The Labute approximate surface area is 242 Å². The highest BCUT2D eigenvalue weighted by Gasteiger charge is 2.49. The minimum Gasteiger partial charge on any atom is -0.497 e. The highest BCUT2D eigenvalue weighted by molar-refractivity contribution is 6.13. The monoisotopic (exact) mass is 560 g/mol. The van der Waals surface area contributed by atoms with Crippen LogP contribution in [0.15, 0.2) is 71.1 Å². The molecule has 4 rings (SSSR count). The molecule has 0 aromatic heterocycles. The molecule has 8 nitrogen and oxygen atoms in total. The van der Waals surface area contributed by atoms with E-state index in [2.05, 4.69) is 24.1 Å². The molecular weight excluding hydrogens is 520 g/mol. The van der Waals surface area contributed by atoms with Crippen LogP contribution in [0.4, 0.5) is 5.69 Å². The van der Waals surface area contributed by atoms with Crippen molar-refractivity contribution in [2.24, 2.45) is 5.92 Å². The lowest BCUT2D eigenvalue weighted by molar-refractivity contribution is -0.152. The summed E-state index contributed by atoms with van der Waals surface area (Å²) < 4.78 is 16.3. The maximum absolute atomic E-state index is 14.5. The molecule has 8 heteroatoms. The zero-order valence-corrected chi connectivity index (χ0v) is 24.8. The molecule has 0 radical (unpaired) electrons. The number of hydrogen-bond acceptors (Lipinski definition) is 8. The number of carbonyl (C=O) groups excluding carboxylic acids is 3. The molecule has 2 aromatic carbocycles. The molecule has 1 aliphatic heterocycles. The van der Waals surface area contributed by atoms with Gasteiger partial charge in [-0.05, 0) is 76.4 Å². The number of esters is 2. The van der Waals surface area contributed by atoms with Gasteiger partial charge in [0.2, 0.25) is 0 Å². The summed E-state index contributed by atoms with van der Waals surface area (Å²) in [6.07, 6.45) is 0.388. The number of allylic oxidation sites excluding steroid dienone is 3. The number of carbonyl (C=O) groups is 3. The average Bonchev–Trinajstić information content (AvgIpc) is 2.97. The van der Waals surface area contributed by atoms with Crippen LogP contribution >= 0.6 is 0 Å². The van der Waals surface area contributed by atoms with Crippen molar-refractivity contribution in [1.29, 1.82) is 0 Å². The third kappa shape index (κ3) is 5.87. The van der Waals surface area contributed by atoms with Gasteiger partial charge in [-0.25, -0.2) is 4.79 Å². The van der Waals surface area contributed by atoms with Crippen molar-refractivity contribution in [2.75, 3.05) is 38.3 Å². The first-order valence-corrected chi connectivity index (χ1v) is 14.4. The molecule has 0 bridgehead atoms. The van der Waals surface area contributed by atoms with Gasteiger partial charge < -0.3 is 24.4 Å². The van der Waals surface area contributed by atoms with E-state index in [0.717, 1.165) is 29.9 Å². The fourth-order valence-corrected chi connectivity index (χ4v) is 6.00. The number of ether oxygens (including phenoxy) is 3. The fourth-order valence-electron chi connectivity index (χ4n) is 6.00. The summed E-state index contributed by atoms with van der Waals surface area (Å²) in [5, 5.41) is 3.35. The summed E-state index contributed by atoms with van der Waals surface area (Å²) in [7, 11) is 1.58. The van der Waals surface area contributed by atoms with E-state index in [-0.39, 0.29) is 19.0 Å². The Balaban J connectivity index is 1.88. The number of dihydropyridines is 1. The maximum atomic E-state index is 14.5. The predicted molar refractivity (Wildman–Crippen MR) is 158 cm³/mol.